The molecule has 1 aliphatic heterocycles. The van der Waals surface area contributed by atoms with Crippen LogP contribution in [0, 0.1) is 0 Å². The molecule has 0 amide bonds. The van der Waals surface area contributed by atoms with E-state index in [4.69, 9.17) is 4.74 Å². The molecule has 122 valence electrons. The van der Waals surface area contributed by atoms with Crippen molar-refractivity contribution in [2.24, 2.45) is 0 Å². The van der Waals surface area contributed by atoms with E-state index in [2.05, 4.69) is 28.3 Å². The van der Waals surface area contributed by atoms with Gasteiger partial charge in [0.15, 0.2) is 0 Å². The van der Waals surface area contributed by atoms with E-state index >= 15 is 0 Å². The van der Waals surface area contributed by atoms with E-state index in [1.54, 1.807) is 0 Å². The fourth-order valence-corrected chi connectivity index (χ4v) is 2.60. The van der Waals surface area contributed by atoms with E-state index in [0.29, 0.717) is 0 Å². The molecule has 0 N–H and O–H groups in total. The van der Waals surface area contributed by atoms with Crippen LogP contribution in [0.25, 0.3) is 6.08 Å². The highest BCUT2D eigenvalue weighted by atomic mass is 16.5. The standard InChI is InChI=1S/C17H27N3O2/c1-3-5-9-19(4-2)14-17-18-12-15(7-6-10-21)20(17)13-16-8-11-22-16/h6-7,10,12,16H,3-5,8-9,11,13-14H2,1-2H3/b7-6+. The first kappa shape index (κ1) is 16.9. The van der Waals surface area contributed by atoms with E-state index in [1.165, 1.54) is 18.9 Å². The molecule has 0 aliphatic carbocycles. The minimum atomic E-state index is 0.280. The molecule has 1 saturated heterocycles. The highest BCUT2D eigenvalue weighted by Gasteiger charge is 2.21. The Morgan fingerprint density at radius 2 is 2.32 bits per heavy atom. The Kier molecular flexibility index (Phi) is 6.80. The summed E-state index contributed by atoms with van der Waals surface area (Å²) in [6.07, 6.45) is 9.78. The van der Waals surface area contributed by atoms with Crippen LogP contribution in [0.15, 0.2) is 12.3 Å². The van der Waals surface area contributed by atoms with Crippen molar-refractivity contribution in [1.29, 1.82) is 0 Å². The maximum Gasteiger partial charge on any atom is 0.142 e. The lowest BCUT2D eigenvalue weighted by Gasteiger charge is -2.28. The van der Waals surface area contributed by atoms with Gasteiger partial charge in [-0.2, -0.15) is 0 Å². The molecule has 0 aromatic carbocycles. The second-order valence-corrected chi connectivity index (χ2v) is 5.71. The van der Waals surface area contributed by atoms with E-state index in [1.807, 2.05) is 12.3 Å². The summed E-state index contributed by atoms with van der Waals surface area (Å²) < 4.78 is 7.75. The summed E-state index contributed by atoms with van der Waals surface area (Å²) in [5, 5.41) is 0. The fourth-order valence-electron chi connectivity index (χ4n) is 2.60. The molecule has 1 aromatic rings. The quantitative estimate of drug-likeness (QED) is 0.492. The number of imidazole rings is 1. The number of carbonyl (C=O) groups is 1. The van der Waals surface area contributed by atoms with Crippen LogP contribution in [0.1, 0.15) is 44.6 Å². The van der Waals surface area contributed by atoms with E-state index in [-0.39, 0.29) is 6.10 Å². The van der Waals surface area contributed by atoms with Gasteiger partial charge in [-0.15, -0.1) is 0 Å². The van der Waals surface area contributed by atoms with Gasteiger partial charge in [0.2, 0.25) is 0 Å². The number of rotatable bonds is 10. The molecular formula is C17H27N3O2. The monoisotopic (exact) mass is 305 g/mol. The minimum absolute atomic E-state index is 0.280. The summed E-state index contributed by atoms with van der Waals surface area (Å²) in [4.78, 5) is 17.6. The highest BCUT2D eigenvalue weighted by Crippen LogP contribution is 2.18. The first-order chi connectivity index (χ1) is 10.8. The van der Waals surface area contributed by atoms with Gasteiger partial charge in [0.25, 0.3) is 0 Å². The zero-order chi connectivity index (χ0) is 15.8. The predicted molar refractivity (Wildman–Crippen MR) is 87.5 cm³/mol. The van der Waals surface area contributed by atoms with Crippen molar-refractivity contribution >= 4 is 12.4 Å². The molecule has 0 radical (unpaired) electrons. The summed E-state index contributed by atoms with van der Waals surface area (Å²) >= 11 is 0. The second kappa shape index (κ2) is 8.86. The number of hydrogen-bond donors (Lipinski definition) is 0. The molecule has 0 spiro atoms. The van der Waals surface area contributed by atoms with Crippen molar-refractivity contribution in [3.05, 3.63) is 23.8 Å². The third-order valence-electron chi connectivity index (χ3n) is 4.13. The smallest absolute Gasteiger partial charge is 0.142 e. The lowest BCUT2D eigenvalue weighted by atomic mass is 10.2. The molecule has 22 heavy (non-hydrogen) atoms. The summed E-state index contributed by atoms with van der Waals surface area (Å²) in [7, 11) is 0. The molecule has 2 heterocycles. The van der Waals surface area contributed by atoms with Gasteiger partial charge in [-0.25, -0.2) is 4.98 Å². The SMILES string of the molecule is CCCCN(CC)Cc1ncc(/C=C/C=O)n1CC1CCO1. The van der Waals surface area contributed by atoms with Crippen LogP contribution < -0.4 is 0 Å². The average Bonchev–Trinajstić information content (AvgIpc) is 2.86. The molecule has 0 bridgehead atoms. The van der Waals surface area contributed by atoms with Crippen molar-refractivity contribution in [2.45, 2.75) is 52.3 Å². The number of hydrogen-bond acceptors (Lipinski definition) is 4. The Morgan fingerprint density at radius 1 is 1.50 bits per heavy atom. The summed E-state index contributed by atoms with van der Waals surface area (Å²) in [5.41, 5.74) is 0.976. The fraction of sp³-hybridized carbons (Fsp3) is 0.647. The molecule has 2 rings (SSSR count). The Bertz CT molecular complexity index is 492. The van der Waals surface area contributed by atoms with Crippen LogP contribution in [0.2, 0.25) is 0 Å². The number of nitrogens with zero attached hydrogens (tertiary/aromatic N) is 3. The number of carbonyl (C=O) groups excluding carboxylic acids is 1. The molecule has 1 atom stereocenters. The maximum atomic E-state index is 10.6. The van der Waals surface area contributed by atoms with E-state index < -0.39 is 0 Å². The zero-order valence-electron chi connectivity index (χ0n) is 13.7. The minimum Gasteiger partial charge on any atom is -0.376 e. The van der Waals surface area contributed by atoms with Crippen LogP contribution >= 0.6 is 0 Å². The Morgan fingerprint density at radius 3 is 2.91 bits per heavy atom. The summed E-state index contributed by atoms with van der Waals surface area (Å²) in [6, 6.07) is 0. The van der Waals surface area contributed by atoms with Crippen LogP contribution in [0.5, 0.6) is 0 Å². The van der Waals surface area contributed by atoms with Gasteiger partial charge >= 0.3 is 0 Å². The summed E-state index contributed by atoms with van der Waals surface area (Å²) in [5.74, 6) is 1.05. The summed E-state index contributed by atoms with van der Waals surface area (Å²) in [6.45, 7) is 9.03. The average molecular weight is 305 g/mol. The van der Waals surface area contributed by atoms with E-state index in [0.717, 1.165) is 57.0 Å². The molecule has 1 aliphatic rings. The zero-order valence-corrected chi connectivity index (χ0v) is 13.7. The molecule has 0 saturated carbocycles. The van der Waals surface area contributed by atoms with Gasteiger partial charge in [-0.05, 0) is 38.1 Å². The second-order valence-electron chi connectivity index (χ2n) is 5.71. The van der Waals surface area contributed by atoms with Gasteiger partial charge in [0.1, 0.15) is 12.1 Å². The van der Waals surface area contributed by atoms with Gasteiger partial charge in [-0.1, -0.05) is 20.3 Å². The third-order valence-corrected chi connectivity index (χ3v) is 4.13. The van der Waals surface area contributed by atoms with Gasteiger partial charge in [-0.3, -0.25) is 9.69 Å². The largest absolute Gasteiger partial charge is 0.376 e. The van der Waals surface area contributed by atoms with Gasteiger partial charge in [0.05, 0.1) is 31.1 Å². The van der Waals surface area contributed by atoms with Crippen molar-refractivity contribution in [1.82, 2.24) is 14.5 Å². The molecule has 1 unspecified atom stereocenters. The number of allylic oxidation sites excluding steroid dienone is 1. The molecule has 1 fully saturated rings. The van der Waals surface area contributed by atoms with Crippen LogP contribution in [0.4, 0.5) is 0 Å². The van der Waals surface area contributed by atoms with E-state index in [9.17, 15) is 4.79 Å². The third kappa shape index (κ3) is 4.52. The van der Waals surface area contributed by atoms with Gasteiger partial charge < -0.3 is 9.30 Å². The van der Waals surface area contributed by atoms with Crippen LogP contribution in [0.3, 0.4) is 0 Å². The number of aromatic nitrogens is 2. The normalized spacial score (nSPS) is 18.0. The van der Waals surface area contributed by atoms with Crippen molar-refractivity contribution in [3.8, 4) is 0 Å². The van der Waals surface area contributed by atoms with Crippen molar-refractivity contribution in [2.75, 3.05) is 19.7 Å². The molecule has 5 nitrogen and oxygen atoms in total. The number of aldehydes is 1. The Hall–Kier alpha value is -1.46. The maximum absolute atomic E-state index is 10.6. The predicted octanol–water partition coefficient (Wildman–Crippen LogP) is 2.51. The van der Waals surface area contributed by atoms with Crippen LogP contribution in [-0.4, -0.2) is 46.5 Å². The first-order valence-corrected chi connectivity index (χ1v) is 8.28. The molecule has 1 aromatic heterocycles. The topological polar surface area (TPSA) is 47.4 Å². The number of unbranched alkanes of at least 4 members (excludes halogenated alkanes) is 1. The first-order valence-electron chi connectivity index (χ1n) is 8.28. The lowest BCUT2D eigenvalue weighted by molar-refractivity contribution is -0.104. The molecular weight excluding hydrogens is 278 g/mol. The van der Waals surface area contributed by atoms with Gasteiger partial charge in [0, 0.05) is 6.61 Å². The molecule has 5 heteroatoms. The number of ether oxygens (including phenoxy) is 1. The highest BCUT2D eigenvalue weighted by molar-refractivity contribution is 5.73. The van der Waals surface area contributed by atoms with Crippen molar-refractivity contribution < 1.29 is 9.53 Å². The Balaban J connectivity index is 2.11. The van der Waals surface area contributed by atoms with Crippen molar-refractivity contribution in [3.63, 3.8) is 0 Å². The lowest BCUT2D eigenvalue weighted by Crippen LogP contribution is -2.33. The Labute approximate surface area is 133 Å². The van der Waals surface area contributed by atoms with Crippen LogP contribution in [-0.2, 0) is 22.6 Å².